The molecule has 0 N–H and O–H groups in total. The topological polar surface area (TPSA) is 70.9 Å². The van der Waals surface area contributed by atoms with Crippen LogP contribution in [0.3, 0.4) is 0 Å². The smallest absolute Gasteiger partial charge is 0.261 e. The van der Waals surface area contributed by atoms with Gasteiger partial charge in [0.1, 0.15) is 0 Å². The number of hydrogen-bond acceptors (Lipinski definition) is 6. The molecule has 2 saturated heterocycles. The van der Waals surface area contributed by atoms with Crippen molar-refractivity contribution in [1.82, 2.24) is 19.4 Å². The van der Waals surface area contributed by atoms with E-state index in [2.05, 4.69) is 14.8 Å². The summed E-state index contributed by atoms with van der Waals surface area (Å²) >= 11 is 0. The SMILES string of the molecule is COCCn1cnc2cc(N3CCN(CC4CCCCC(=O)N4C)CC3)ccc2c1=O. The summed E-state index contributed by atoms with van der Waals surface area (Å²) in [6.45, 7) is 5.76. The van der Waals surface area contributed by atoms with Gasteiger partial charge >= 0.3 is 0 Å². The zero-order chi connectivity index (χ0) is 21.8. The van der Waals surface area contributed by atoms with Gasteiger partial charge in [0, 0.05) is 65.0 Å². The molecule has 168 valence electrons. The maximum Gasteiger partial charge on any atom is 0.261 e. The maximum atomic E-state index is 12.6. The zero-order valence-electron chi connectivity index (χ0n) is 18.6. The highest BCUT2D eigenvalue weighted by Gasteiger charge is 2.26. The first-order valence-corrected chi connectivity index (χ1v) is 11.3. The molecule has 1 atom stereocenters. The van der Waals surface area contributed by atoms with Crippen LogP contribution in [0.1, 0.15) is 25.7 Å². The Hall–Kier alpha value is -2.45. The van der Waals surface area contributed by atoms with E-state index in [9.17, 15) is 9.59 Å². The van der Waals surface area contributed by atoms with Gasteiger partial charge in [-0.05, 0) is 31.0 Å². The molecule has 2 aliphatic rings. The second-order valence-corrected chi connectivity index (χ2v) is 8.63. The minimum absolute atomic E-state index is 0.0273. The molecular formula is C23H33N5O3. The molecule has 3 heterocycles. The summed E-state index contributed by atoms with van der Waals surface area (Å²) < 4.78 is 6.66. The van der Waals surface area contributed by atoms with Gasteiger partial charge in [0.05, 0.1) is 30.4 Å². The first-order chi connectivity index (χ1) is 15.1. The van der Waals surface area contributed by atoms with Gasteiger partial charge in [-0.1, -0.05) is 6.42 Å². The van der Waals surface area contributed by atoms with Crippen LogP contribution in [0, 0.1) is 0 Å². The number of methoxy groups -OCH3 is 1. The Morgan fingerprint density at radius 3 is 2.71 bits per heavy atom. The number of carbonyl (C=O) groups excluding carboxylic acids is 1. The lowest BCUT2D eigenvalue weighted by molar-refractivity contribution is -0.131. The third kappa shape index (κ3) is 4.91. The summed E-state index contributed by atoms with van der Waals surface area (Å²) in [7, 11) is 3.58. The van der Waals surface area contributed by atoms with Crippen molar-refractivity contribution in [1.29, 1.82) is 0 Å². The van der Waals surface area contributed by atoms with Crippen molar-refractivity contribution in [3.63, 3.8) is 0 Å². The zero-order valence-corrected chi connectivity index (χ0v) is 18.6. The molecule has 2 aromatic rings. The van der Waals surface area contributed by atoms with Crippen LogP contribution in [-0.4, -0.2) is 84.8 Å². The van der Waals surface area contributed by atoms with Crippen molar-refractivity contribution < 1.29 is 9.53 Å². The maximum absolute atomic E-state index is 12.6. The molecule has 2 aliphatic heterocycles. The van der Waals surface area contributed by atoms with E-state index in [4.69, 9.17) is 4.74 Å². The lowest BCUT2D eigenvalue weighted by Gasteiger charge is -2.39. The molecule has 8 nitrogen and oxygen atoms in total. The Labute approximate surface area is 183 Å². The van der Waals surface area contributed by atoms with Gasteiger partial charge < -0.3 is 14.5 Å². The molecule has 4 rings (SSSR count). The summed E-state index contributed by atoms with van der Waals surface area (Å²) in [6, 6.07) is 6.26. The molecule has 1 aromatic heterocycles. The predicted molar refractivity (Wildman–Crippen MR) is 122 cm³/mol. The number of aromatic nitrogens is 2. The number of fused-ring (bicyclic) bond motifs is 1. The third-order valence-electron chi connectivity index (χ3n) is 6.67. The van der Waals surface area contributed by atoms with Crippen molar-refractivity contribution in [3.05, 3.63) is 34.9 Å². The van der Waals surface area contributed by atoms with E-state index in [0.717, 1.165) is 63.2 Å². The highest BCUT2D eigenvalue weighted by Crippen LogP contribution is 2.22. The van der Waals surface area contributed by atoms with E-state index >= 15 is 0 Å². The van der Waals surface area contributed by atoms with Gasteiger partial charge in [-0.25, -0.2) is 4.98 Å². The second kappa shape index (κ2) is 9.78. The highest BCUT2D eigenvalue weighted by atomic mass is 16.5. The van der Waals surface area contributed by atoms with Crippen molar-refractivity contribution in [2.24, 2.45) is 0 Å². The standard InChI is InChI=1S/C23H33N5O3/c1-25-19(5-3-4-6-22(25)29)16-26-9-11-27(12-10-26)18-7-8-20-21(15-18)24-17-28(23(20)30)13-14-31-2/h7-8,15,17,19H,3-6,9-14,16H2,1-2H3. The number of piperazine rings is 1. The number of anilines is 1. The highest BCUT2D eigenvalue weighted by molar-refractivity contribution is 5.81. The predicted octanol–water partition coefficient (Wildman–Crippen LogP) is 1.57. The van der Waals surface area contributed by atoms with Crippen molar-refractivity contribution >= 4 is 22.5 Å². The number of ether oxygens (including phenoxy) is 1. The van der Waals surface area contributed by atoms with E-state index < -0.39 is 0 Å². The monoisotopic (exact) mass is 427 g/mol. The summed E-state index contributed by atoms with van der Waals surface area (Å²) in [5.41, 5.74) is 1.81. The van der Waals surface area contributed by atoms with Crippen LogP contribution >= 0.6 is 0 Å². The molecule has 0 spiro atoms. The van der Waals surface area contributed by atoms with Crippen LogP contribution in [0.2, 0.25) is 0 Å². The Morgan fingerprint density at radius 1 is 1.13 bits per heavy atom. The molecule has 0 bridgehead atoms. The molecule has 31 heavy (non-hydrogen) atoms. The summed E-state index contributed by atoms with van der Waals surface area (Å²) in [4.78, 5) is 36.1. The quantitative estimate of drug-likeness (QED) is 0.697. The second-order valence-electron chi connectivity index (χ2n) is 8.63. The van der Waals surface area contributed by atoms with Crippen LogP contribution < -0.4 is 10.5 Å². The van der Waals surface area contributed by atoms with E-state index in [0.29, 0.717) is 31.0 Å². The average molecular weight is 428 g/mol. The fraction of sp³-hybridized carbons (Fsp3) is 0.609. The number of likely N-dealkylation sites (tertiary alicyclic amines) is 1. The van der Waals surface area contributed by atoms with Crippen LogP contribution in [0.15, 0.2) is 29.3 Å². The number of benzene rings is 1. The van der Waals surface area contributed by atoms with E-state index in [1.54, 1.807) is 18.0 Å². The fourth-order valence-electron chi connectivity index (χ4n) is 4.62. The number of amides is 1. The van der Waals surface area contributed by atoms with Gasteiger partial charge in [0.15, 0.2) is 0 Å². The minimum Gasteiger partial charge on any atom is -0.383 e. The first kappa shape index (κ1) is 21.8. The summed E-state index contributed by atoms with van der Waals surface area (Å²) in [6.07, 6.45) is 5.55. The van der Waals surface area contributed by atoms with Crippen LogP contribution in [0.4, 0.5) is 5.69 Å². The lowest BCUT2D eigenvalue weighted by atomic mass is 10.1. The summed E-state index contributed by atoms with van der Waals surface area (Å²) in [5, 5.41) is 0.641. The Kier molecular flexibility index (Phi) is 6.87. The summed E-state index contributed by atoms with van der Waals surface area (Å²) in [5.74, 6) is 0.283. The Morgan fingerprint density at radius 2 is 1.94 bits per heavy atom. The average Bonchev–Trinajstić information content (AvgIpc) is 2.95. The number of rotatable bonds is 6. The first-order valence-electron chi connectivity index (χ1n) is 11.3. The van der Waals surface area contributed by atoms with Crippen molar-refractivity contribution in [2.75, 3.05) is 58.4 Å². The third-order valence-corrected chi connectivity index (χ3v) is 6.67. The van der Waals surface area contributed by atoms with E-state index in [-0.39, 0.29) is 11.5 Å². The molecule has 0 saturated carbocycles. The van der Waals surface area contributed by atoms with Gasteiger partial charge in [-0.15, -0.1) is 0 Å². The molecule has 1 amide bonds. The normalized spacial score (nSPS) is 21.0. The largest absolute Gasteiger partial charge is 0.383 e. The van der Waals surface area contributed by atoms with Gasteiger partial charge in [0.25, 0.3) is 5.56 Å². The number of hydrogen-bond donors (Lipinski definition) is 0. The molecule has 0 aliphatic carbocycles. The van der Waals surface area contributed by atoms with Gasteiger partial charge in [-0.3, -0.25) is 19.1 Å². The number of carbonyl (C=O) groups is 1. The van der Waals surface area contributed by atoms with E-state index in [1.165, 1.54) is 0 Å². The van der Waals surface area contributed by atoms with Crippen molar-refractivity contribution in [2.45, 2.75) is 38.3 Å². The lowest BCUT2D eigenvalue weighted by Crippen LogP contribution is -2.51. The Balaban J connectivity index is 1.39. The van der Waals surface area contributed by atoms with Crippen LogP contribution in [0.5, 0.6) is 0 Å². The van der Waals surface area contributed by atoms with Gasteiger partial charge in [-0.2, -0.15) is 0 Å². The molecule has 1 unspecified atom stereocenters. The van der Waals surface area contributed by atoms with Crippen LogP contribution in [-0.2, 0) is 16.1 Å². The molecular weight excluding hydrogens is 394 g/mol. The molecule has 0 radical (unpaired) electrons. The molecule has 1 aromatic carbocycles. The van der Waals surface area contributed by atoms with E-state index in [1.807, 2.05) is 30.1 Å². The fourth-order valence-corrected chi connectivity index (χ4v) is 4.62. The number of nitrogens with zero attached hydrogens (tertiary/aromatic N) is 5. The minimum atomic E-state index is -0.0273. The molecule has 2 fully saturated rings. The Bertz CT molecular complexity index is 967. The molecule has 8 heteroatoms. The van der Waals surface area contributed by atoms with Crippen LogP contribution in [0.25, 0.3) is 10.9 Å². The number of likely N-dealkylation sites (N-methyl/N-ethyl adjacent to an activating group) is 1. The van der Waals surface area contributed by atoms with Gasteiger partial charge in [0.2, 0.25) is 5.91 Å². The van der Waals surface area contributed by atoms with Crippen molar-refractivity contribution in [3.8, 4) is 0 Å².